The number of carbonyl (C=O) groups is 2. The predicted octanol–water partition coefficient (Wildman–Crippen LogP) is 2.32. The molecule has 0 spiro atoms. The van der Waals surface area contributed by atoms with Crippen molar-refractivity contribution in [2.24, 2.45) is 0 Å². The average Bonchev–Trinajstić information content (AvgIpc) is 2.21. The van der Waals surface area contributed by atoms with E-state index in [0.717, 1.165) is 10.0 Å². The first-order valence-electron chi connectivity index (χ1n) is 4.89. The van der Waals surface area contributed by atoms with Gasteiger partial charge in [0.05, 0.1) is 0 Å². The number of aliphatic carboxylic acids is 1. The van der Waals surface area contributed by atoms with Crippen LogP contribution in [0.2, 0.25) is 0 Å². The van der Waals surface area contributed by atoms with Crippen molar-refractivity contribution in [2.75, 3.05) is 0 Å². The molecule has 1 aromatic rings. The fourth-order valence-electron chi connectivity index (χ4n) is 1.21. The molecule has 1 aromatic carbocycles. The van der Waals surface area contributed by atoms with E-state index in [1.54, 1.807) is 12.1 Å². The zero-order valence-electron chi connectivity index (χ0n) is 9.45. The third kappa shape index (κ3) is 4.03. The van der Waals surface area contributed by atoms with Crippen LogP contribution in [-0.2, 0) is 9.59 Å². The van der Waals surface area contributed by atoms with E-state index in [4.69, 9.17) is 5.11 Å². The van der Waals surface area contributed by atoms with Crippen molar-refractivity contribution in [2.45, 2.75) is 13.8 Å². The van der Waals surface area contributed by atoms with Crippen LogP contribution in [0.15, 0.2) is 28.4 Å². The van der Waals surface area contributed by atoms with Crippen LogP contribution >= 0.6 is 15.9 Å². The summed E-state index contributed by atoms with van der Waals surface area (Å²) in [4.78, 5) is 21.7. The summed E-state index contributed by atoms with van der Waals surface area (Å²) >= 11 is 3.36. The lowest BCUT2D eigenvalue weighted by atomic mass is 10.1. The van der Waals surface area contributed by atoms with Gasteiger partial charge in [0.25, 0.3) is 0 Å². The first-order valence-corrected chi connectivity index (χ1v) is 5.68. The maximum Gasteiger partial charge on any atom is 0.352 e. The summed E-state index contributed by atoms with van der Waals surface area (Å²) < 4.78 is 0.888. The van der Waals surface area contributed by atoms with E-state index < -0.39 is 11.9 Å². The summed E-state index contributed by atoms with van der Waals surface area (Å²) in [5, 5.41) is 11.2. The maximum atomic E-state index is 10.9. The van der Waals surface area contributed by atoms with Gasteiger partial charge in [-0.3, -0.25) is 4.79 Å². The third-order valence-electron chi connectivity index (χ3n) is 2.05. The van der Waals surface area contributed by atoms with Crippen molar-refractivity contribution < 1.29 is 14.7 Å². The Kier molecular flexibility index (Phi) is 4.45. The van der Waals surface area contributed by atoms with Gasteiger partial charge in [0.2, 0.25) is 5.91 Å². The Morgan fingerprint density at radius 3 is 2.53 bits per heavy atom. The van der Waals surface area contributed by atoms with Crippen molar-refractivity contribution in [1.29, 1.82) is 0 Å². The van der Waals surface area contributed by atoms with Crippen LogP contribution in [-0.4, -0.2) is 17.0 Å². The Morgan fingerprint density at radius 2 is 2.06 bits per heavy atom. The number of amides is 1. The van der Waals surface area contributed by atoms with Gasteiger partial charge < -0.3 is 10.4 Å². The summed E-state index contributed by atoms with van der Waals surface area (Å²) in [7, 11) is 0. The lowest BCUT2D eigenvalue weighted by Gasteiger charge is -2.04. The van der Waals surface area contributed by atoms with Crippen LogP contribution in [0.5, 0.6) is 0 Å². The highest BCUT2D eigenvalue weighted by Crippen LogP contribution is 2.18. The predicted molar refractivity (Wildman–Crippen MR) is 68.3 cm³/mol. The SMILES string of the molecule is CC(=O)NC(=Cc1ccc(C)c(Br)c1)C(=O)O. The molecule has 0 unspecified atom stereocenters. The number of hydrogen-bond acceptors (Lipinski definition) is 2. The molecule has 4 nitrogen and oxygen atoms in total. The smallest absolute Gasteiger partial charge is 0.352 e. The molecule has 5 heteroatoms. The Balaban J connectivity index is 3.08. The van der Waals surface area contributed by atoms with Crippen LogP contribution in [0.1, 0.15) is 18.1 Å². The monoisotopic (exact) mass is 297 g/mol. The number of nitrogens with one attached hydrogen (secondary N) is 1. The van der Waals surface area contributed by atoms with Crippen LogP contribution < -0.4 is 5.32 Å². The molecular formula is C12H12BrNO3. The molecule has 0 aliphatic heterocycles. The molecule has 0 aliphatic carbocycles. The van der Waals surface area contributed by atoms with Gasteiger partial charge in [-0.2, -0.15) is 0 Å². The van der Waals surface area contributed by atoms with Gasteiger partial charge >= 0.3 is 5.97 Å². The van der Waals surface area contributed by atoms with E-state index in [-0.39, 0.29) is 5.70 Å². The Bertz CT molecular complexity index is 495. The van der Waals surface area contributed by atoms with Crippen molar-refractivity contribution in [3.05, 3.63) is 39.5 Å². The standard InChI is InChI=1S/C12H12BrNO3/c1-7-3-4-9(5-10(7)13)6-11(12(16)17)14-8(2)15/h3-6H,1-2H3,(H,14,15)(H,16,17). The lowest BCUT2D eigenvalue weighted by Crippen LogP contribution is -2.24. The third-order valence-corrected chi connectivity index (χ3v) is 2.90. The van der Waals surface area contributed by atoms with E-state index in [1.807, 2.05) is 13.0 Å². The molecule has 0 heterocycles. The Labute approximate surface area is 107 Å². The molecule has 0 radical (unpaired) electrons. The summed E-state index contributed by atoms with van der Waals surface area (Å²) in [5.74, 6) is -1.58. The number of carboxylic acid groups (broad SMARTS) is 1. The van der Waals surface area contributed by atoms with Crippen LogP contribution in [0.3, 0.4) is 0 Å². The number of benzene rings is 1. The summed E-state index contributed by atoms with van der Waals surface area (Å²) in [6.07, 6.45) is 1.41. The van der Waals surface area contributed by atoms with Gasteiger partial charge in [-0.15, -0.1) is 0 Å². The van der Waals surface area contributed by atoms with E-state index in [0.29, 0.717) is 5.56 Å². The van der Waals surface area contributed by atoms with E-state index in [1.165, 1.54) is 13.0 Å². The fraction of sp³-hybridized carbons (Fsp3) is 0.167. The number of rotatable bonds is 3. The van der Waals surface area contributed by atoms with Gasteiger partial charge in [0.1, 0.15) is 5.70 Å². The molecule has 1 rings (SSSR count). The van der Waals surface area contributed by atoms with Gasteiger partial charge in [-0.05, 0) is 30.2 Å². The second-order valence-electron chi connectivity index (χ2n) is 3.55. The van der Waals surface area contributed by atoms with Gasteiger partial charge in [0, 0.05) is 11.4 Å². The Hall–Kier alpha value is -1.62. The van der Waals surface area contributed by atoms with Crippen LogP contribution in [0.25, 0.3) is 6.08 Å². The minimum Gasteiger partial charge on any atom is -0.477 e. The quantitative estimate of drug-likeness (QED) is 0.842. The highest BCUT2D eigenvalue weighted by atomic mass is 79.9. The molecular weight excluding hydrogens is 286 g/mol. The number of hydrogen-bond donors (Lipinski definition) is 2. The minimum atomic E-state index is -1.17. The zero-order valence-corrected chi connectivity index (χ0v) is 11.0. The largest absolute Gasteiger partial charge is 0.477 e. The Morgan fingerprint density at radius 1 is 1.41 bits per heavy atom. The van der Waals surface area contributed by atoms with Crippen LogP contribution in [0.4, 0.5) is 0 Å². The molecule has 90 valence electrons. The molecule has 17 heavy (non-hydrogen) atoms. The highest BCUT2D eigenvalue weighted by molar-refractivity contribution is 9.10. The minimum absolute atomic E-state index is 0.145. The van der Waals surface area contributed by atoms with Gasteiger partial charge in [-0.1, -0.05) is 28.1 Å². The summed E-state index contributed by atoms with van der Waals surface area (Å²) in [5.41, 5.74) is 1.61. The molecule has 2 N–H and O–H groups in total. The van der Waals surface area contributed by atoms with E-state index >= 15 is 0 Å². The molecule has 0 saturated carbocycles. The van der Waals surface area contributed by atoms with Gasteiger partial charge in [0.15, 0.2) is 0 Å². The van der Waals surface area contributed by atoms with Crippen molar-refractivity contribution in [1.82, 2.24) is 5.32 Å². The molecule has 0 atom stereocenters. The molecule has 1 amide bonds. The van der Waals surface area contributed by atoms with Crippen LogP contribution in [0, 0.1) is 6.92 Å². The second kappa shape index (κ2) is 5.63. The molecule has 0 saturated heterocycles. The fourth-order valence-corrected chi connectivity index (χ4v) is 1.60. The van der Waals surface area contributed by atoms with Crippen molar-refractivity contribution in [3.63, 3.8) is 0 Å². The zero-order chi connectivity index (χ0) is 13.0. The van der Waals surface area contributed by atoms with Gasteiger partial charge in [-0.25, -0.2) is 4.79 Å². The topological polar surface area (TPSA) is 66.4 Å². The number of carboxylic acids is 1. The molecule has 0 aliphatic rings. The van der Waals surface area contributed by atoms with E-state index in [9.17, 15) is 9.59 Å². The molecule has 0 fully saturated rings. The average molecular weight is 298 g/mol. The number of carbonyl (C=O) groups excluding carboxylic acids is 1. The lowest BCUT2D eigenvalue weighted by molar-refractivity contribution is -0.134. The first kappa shape index (κ1) is 13.4. The summed E-state index contributed by atoms with van der Waals surface area (Å²) in [6.45, 7) is 3.20. The highest BCUT2D eigenvalue weighted by Gasteiger charge is 2.08. The summed E-state index contributed by atoms with van der Waals surface area (Å²) in [6, 6.07) is 5.44. The normalized spacial score (nSPS) is 11.1. The molecule has 0 aromatic heterocycles. The number of halogens is 1. The van der Waals surface area contributed by atoms with E-state index in [2.05, 4.69) is 21.2 Å². The van der Waals surface area contributed by atoms with Crippen molar-refractivity contribution >= 4 is 33.9 Å². The molecule has 0 bridgehead atoms. The first-order chi connectivity index (χ1) is 7.90. The number of aryl methyl sites for hydroxylation is 1. The maximum absolute atomic E-state index is 10.9. The van der Waals surface area contributed by atoms with Crippen molar-refractivity contribution in [3.8, 4) is 0 Å². The second-order valence-corrected chi connectivity index (χ2v) is 4.41.